The van der Waals surface area contributed by atoms with Crippen molar-refractivity contribution in [2.24, 2.45) is 9.98 Å². The minimum atomic E-state index is 0.556. The standard InChI is InChI=1S/C51H32N4O3/c1-30(34-25-27-43-40(28-34)36-18-9-11-21-41(36)56-43)52-50(33-16-7-4-8-17-33)53-31(2)35-24-26-37-45(29-35)57-44-23-13-20-39(46(37)44)51-54-47(32-14-5-3-6-15-32)49-48(55-51)38-19-10-12-22-42(38)58-49/h3-29H,1H2,2H3. The van der Waals surface area contributed by atoms with Gasteiger partial charge in [0.1, 0.15) is 39.1 Å². The molecule has 58 heavy (non-hydrogen) atoms. The van der Waals surface area contributed by atoms with E-state index < -0.39 is 0 Å². The third kappa shape index (κ3) is 5.59. The van der Waals surface area contributed by atoms with Crippen LogP contribution in [0.2, 0.25) is 0 Å². The summed E-state index contributed by atoms with van der Waals surface area (Å²) in [6.45, 7) is 6.36. The van der Waals surface area contributed by atoms with Gasteiger partial charge >= 0.3 is 0 Å². The maximum absolute atomic E-state index is 6.55. The fourth-order valence-electron chi connectivity index (χ4n) is 7.80. The smallest absolute Gasteiger partial charge is 0.180 e. The zero-order chi connectivity index (χ0) is 38.7. The first-order valence-corrected chi connectivity index (χ1v) is 19.1. The van der Waals surface area contributed by atoms with Crippen LogP contribution in [0.3, 0.4) is 0 Å². The molecule has 0 aliphatic rings. The lowest BCUT2D eigenvalue weighted by molar-refractivity contribution is 0.667. The summed E-state index contributed by atoms with van der Waals surface area (Å²) in [6, 6.07) is 54.4. The number of aromatic nitrogens is 2. The number of hydrogen-bond donors (Lipinski definition) is 0. The van der Waals surface area contributed by atoms with Crippen molar-refractivity contribution in [2.75, 3.05) is 0 Å². The number of rotatable bonds is 6. The largest absolute Gasteiger partial charge is 0.456 e. The van der Waals surface area contributed by atoms with Gasteiger partial charge in [0.25, 0.3) is 0 Å². The molecule has 0 bridgehead atoms. The Hall–Kier alpha value is -7.90. The third-order valence-corrected chi connectivity index (χ3v) is 10.7. The minimum Gasteiger partial charge on any atom is -0.456 e. The summed E-state index contributed by atoms with van der Waals surface area (Å²) in [5.41, 5.74) is 12.0. The SMILES string of the molecule is C=C(N=C(N=C(C)c1ccc2c(c1)oc1cccc(-c3nc(-c4ccccc4)c4oc5ccccc5c4n3)c12)c1ccccc1)c1ccc2oc3ccccc3c2c1. The summed E-state index contributed by atoms with van der Waals surface area (Å²) in [6.07, 6.45) is 0. The van der Waals surface area contributed by atoms with Gasteiger partial charge in [-0.05, 0) is 67.1 Å². The van der Waals surface area contributed by atoms with Crippen LogP contribution < -0.4 is 0 Å². The number of fused-ring (bicyclic) bond motifs is 9. The Morgan fingerprint density at radius 1 is 0.500 bits per heavy atom. The Bertz CT molecular complexity index is 3480. The van der Waals surface area contributed by atoms with Crippen molar-refractivity contribution in [1.29, 1.82) is 0 Å². The molecule has 11 rings (SSSR count). The van der Waals surface area contributed by atoms with Crippen molar-refractivity contribution in [1.82, 2.24) is 9.97 Å². The number of nitrogens with zero attached hydrogens (tertiary/aromatic N) is 4. The lowest BCUT2D eigenvalue weighted by Crippen LogP contribution is -2.04. The Labute approximate surface area is 331 Å². The number of furan rings is 3. The van der Waals surface area contributed by atoms with Crippen molar-refractivity contribution in [3.05, 3.63) is 187 Å². The van der Waals surface area contributed by atoms with Crippen LogP contribution in [0.25, 0.3) is 94.3 Å². The van der Waals surface area contributed by atoms with Gasteiger partial charge in [-0.2, -0.15) is 0 Å². The first-order chi connectivity index (χ1) is 28.6. The first-order valence-electron chi connectivity index (χ1n) is 19.1. The van der Waals surface area contributed by atoms with Crippen molar-refractivity contribution < 1.29 is 13.3 Å². The number of amidine groups is 1. The second-order valence-electron chi connectivity index (χ2n) is 14.3. The van der Waals surface area contributed by atoms with Crippen LogP contribution in [0.15, 0.2) is 194 Å². The van der Waals surface area contributed by atoms with E-state index in [1.165, 1.54) is 0 Å². The second-order valence-corrected chi connectivity index (χ2v) is 14.3. The molecule has 0 fully saturated rings. The van der Waals surface area contributed by atoms with Crippen LogP contribution >= 0.6 is 0 Å². The van der Waals surface area contributed by atoms with E-state index in [4.69, 9.17) is 33.2 Å². The zero-order valence-electron chi connectivity index (χ0n) is 31.3. The molecular formula is C51H32N4O3. The quantitative estimate of drug-likeness (QED) is 0.125. The maximum atomic E-state index is 6.55. The van der Waals surface area contributed by atoms with E-state index in [1.54, 1.807) is 0 Å². The number of hydrogen-bond acceptors (Lipinski definition) is 6. The minimum absolute atomic E-state index is 0.556. The fraction of sp³-hybridized carbons (Fsp3) is 0.0196. The average molecular weight is 749 g/mol. The second kappa shape index (κ2) is 13.4. The van der Waals surface area contributed by atoms with Crippen molar-refractivity contribution in [3.63, 3.8) is 0 Å². The Morgan fingerprint density at radius 3 is 2.00 bits per heavy atom. The summed E-state index contributed by atoms with van der Waals surface area (Å²) in [5.74, 6) is 1.15. The maximum Gasteiger partial charge on any atom is 0.180 e. The van der Waals surface area contributed by atoms with E-state index in [-0.39, 0.29) is 0 Å². The predicted octanol–water partition coefficient (Wildman–Crippen LogP) is 13.4. The summed E-state index contributed by atoms with van der Waals surface area (Å²) in [5, 5.41) is 4.91. The van der Waals surface area contributed by atoms with Crippen LogP contribution in [-0.4, -0.2) is 21.5 Å². The highest BCUT2D eigenvalue weighted by molar-refractivity contribution is 6.17. The van der Waals surface area contributed by atoms with Crippen LogP contribution in [0.5, 0.6) is 0 Å². The van der Waals surface area contributed by atoms with Crippen LogP contribution in [0.4, 0.5) is 0 Å². The summed E-state index contributed by atoms with van der Waals surface area (Å²) >= 11 is 0. The molecule has 4 heterocycles. The number of benzene rings is 7. The highest BCUT2D eigenvalue weighted by Crippen LogP contribution is 2.40. The highest BCUT2D eigenvalue weighted by atomic mass is 16.3. The molecule has 0 N–H and O–H groups in total. The molecule has 274 valence electrons. The molecule has 0 radical (unpaired) electrons. The lowest BCUT2D eigenvalue weighted by atomic mass is 10.0. The summed E-state index contributed by atoms with van der Waals surface area (Å²) < 4.78 is 19.0. The molecule has 7 heteroatoms. The molecular weight excluding hydrogens is 717 g/mol. The number of para-hydroxylation sites is 2. The Kier molecular flexibility index (Phi) is 7.72. The molecule has 0 aliphatic heterocycles. The molecule has 0 saturated carbocycles. The highest BCUT2D eigenvalue weighted by Gasteiger charge is 2.21. The molecule has 0 spiro atoms. The molecule has 0 unspecified atom stereocenters. The molecule has 7 aromatic carbocycles. The molecule has 7 nitrogen and oxygen atoms in total. The van der Waals surface area contributed by atoms with Gasteiger partial charge in [0.2, 0.25) is 0 Å². The summed E-state index contributed by atoms with van der Waals surface area (Å²) in [4.78, 5) is 20.4. The zero-order valence-corrected chi connectivity index (χ0v) is 31.3. The normalized spacial score (nSPS) is 12.5. The molecule has 0 amide bonds. The van der Waals surface area contributed by atoms with Gasteiger partial charge in [0.05, 0.1) is 5.70 Å². The Morgan fingerprint density at radius 2 is 1.17 bits per heavy atom. The van der Waals surface area contributed by atoms with Gasteiger partial charge in [-0.25, -0.2) is 20.0 Å². The van der Waals surface area contributed by atoms with E-state index in [9.17, 15) is 0 Å². The molecule has 0 atom stereocenters. The third-order valence-electron chi connectivity index (χ3n) is 10.7. The Balaban J connectivity index is 1.01. The van der Waals surface area contributed by atoms with Crippen molar-refractivity contribution >= 4 is 83.2 Å². The van der Waals surface area contributed by atoms with Crippen molar-refractivity contribution in [3.8, 4) is 22.6 Å². The van der Waals surface area contributed by atoms with Crippen LogP contribution in [0, 0.1) is 0 Å². The van der Waals surface area contributed by atoms with E-state index in [0.717, 1.165) is 99.6 Å². The molecule has 0 aliphatic carbocycles. The van der Waals surface area contributed by atoms with Crippen LogP contribution in [0.1, 0.15) is 23.6 Å². The fourth-order valence-corrected chi connectivity index (χ4v) is 7.80. The van der Waals surface area contributed by atoms with Crippen LogP contribution in [-0.2, 0) is 0 Å². The predicted molar refractivity (Wildman–Crippen MR) is 235 cm³/mol. The van der Waals surface area contributed by atoms with Gasteiger partial charge in [-0.15, -0.1) is 0 Å². The molecule has 11 aromatic rings. The number of aliphatic imine (C=N–C) groups is 2. The van der Waals surface area contributed by atoms with Crippen molar-refractivity contribution in [2.45, 2.75) is 6.92 Å². The van der Waals surface area contributed by atoms with Gasteiger partial charge in [-0.1, -0.05) is 116 Å². The van der Waals surface area contributed by atoms with Gasteiger partial charge in [0.15, 0.2) is 17.2 Å². The van der Waals surface area contributed by atoms with Gasteiger partial charge < -0.3 is 13.3 Å². The topological polar surface area (TPSA) is 89.9 Å². The van der Waals surface area contributed by atoms with E-state index >= 15 is 0 Å². The van der Waals surface area contributed by atoms with Gasteiger partial charge in [-0.3, -0.25) is 0 Å². The van der Waals surface area contributed by atoms with E-state index in [2.05, 4.69) is 36.9 Å². The van der Waals surface area contributed by atoms with E-state index in [1.807, 2.05) is 140 Å². The monoisotopic (exact) mass is 748 g/mol. The molecule has 0 saturated heterocycles. The average Bonchev–Trinajstić information content (AvgIpc) is 3.97. The first kappa shape index (κ1) is 33.4. The van der Waals surface area contributed by atoms with Gasteiger partial charge in [0, 0.05) is 54.9 Å². The molecule has 4 aromatic heterocycles. The summed E-state index contributed by atoms with van der Waals surface area (Å²) in [7, 11) is 0. The lowest BCUT2D eigenvalue weighted by Gasteiger charge is -2.08. The van der Waals surface area contributed by atoms with E-state index in [0.29, 0.717) is 22.9 Å².